The molecule has 0 saturated heterocycles. The highest BCUT2D eigenvalue weighted by atomic mass is 32.2. The molecule has 0 spiro atoms. The van der Waals surface area contributed by atoms with Gasteiger partial charge in [-0.3, -0.25) is 4.39 Å². The Kier molecular flexibility index (Phi) is 16.7. The van der Waals surface area contributed by atoms with E-state index in [4.69, 9.17) is 0 Å². The third-order valence-corrected chi connectivity index (χ3v) is 5.50. The van der Waals surface area contributed by atoms with E-state index >= 15 is 0 Å². The van der Waals surface area contributed by atoms with Crippen molar-refractivity contribution < 1.29 is 21.8 Å². The number of unbranched alkanes of at least 4 members (excludes halogenated alkanes) is 6. The lowest BCUT2D eigenvalue weighted by molar-refractivity contribution is -0.921. The van der Waals surface area contributed by atoms with E-state index in [0.717, 1.165) is 32.1 Å². The summed E-state index contributed by atoms with van der Waals surface area (Å²) in [6.45, 7) is 14.0. The van der Waals surface area contributed by atoms with Crippen molar-refractivity contribution in [1.82, 2.24) is 0 Å². The van der Waals surface area contributed by atoms with Crippen molar-refractivity contribution in [2.45, 2.75) is 72.6 Å². The Morgan fingerprint density at radius 2 is 1.09 bits per heavy atom. The second-order valence-electron chi connectivity index (χ2n) is 6.03. The zero-order valence-electron chi connectivity index (χ0n) is 15.7. The van der Waals surface area contributed by atoms with Crippen LogP contribution < -0.4 is 0 Å². The monoisotopic (exact) mass is 355 g/mol. The van der Waals surface area contributed by atoms with Crippen LogP contribution in [-0.2, 0) is 10.1 Å². The van der Waals surface area contributed by atoms with Crippen LogP contribution in [0, 0.1) is 0 Å². The van der Waals surface area contributed by atoms with Crippen molar-refractivity contribution in [3.8, 4) is 0 Å². The van der Waals surface area contributed by atoms with E-state index in [9.17, 15) is 17.4 Å². The van der Waals surface area contributed by atoms with Gasteiger partial charge in [-0.15, -0.1) is 0 Å². The summed E-state index contributed by atoms with van der Waals surface area (Å²) >= 11 is 0. The summed E-state index contributed by atoms with van der Waals surface area (Å²) in [4.78, 5) is 0. The highest BCUT2D eigenvalue weighted by Gasteiger charge is 2.16. The molecule has 0 amide bonds. The summed E-state index contributed by atoms with van der Waals surface area (Å²) < 4.78 is 43.6. The molecular weight excluding hydrogens is 317 g/mol. The van der Waals surface area contributed by atoms with E-state index in [2.05, 4.69) is 27.7 Å². The van der Waals surface area contributed by atoms with Gasteiger partial charge in [0.15, 0.2) is 0 Å². The molecule has 6 heteroatoms. The molecule has 0 aromatic rings. The molecule has 0 N–H and O–H groups in total. The van der Waals surface area contributed by atoms with Crippen LogP contribution in [0.25, 0.3) is 0 Å². The lowest BCUT2D eigenvalue weighted by Gasteiger charge is -2.34. The van der Waals surface area contributed by atoms with Gasteiger partial charge < -0.3 is 9.04 Å². The van der Waals surface area contributed by atoms with Crippen LogP contribution in [0.1, 0.15) is 72.6 Å². The SMILES string of the molecule is CC[N+](CC)(CC)CC.O=S(=O)([O-])CCCCCCCCCF. The molecular formula is C17H38FNO3S. The molecule has 0 aromatic heterocycles. The van der Waals surface area contributed by atoms with Gasteiger partial charge in [0.05, 0.1) is 43.0 Å². The number of alkyl halides is 1. The second-order valence-corrected chi connectivity index (χ2v) is 7.56. The third kappa shape index (κ3) is 16.4. The number of hydrogen-bond acceptors (Lipinski definition) is 3. The van der Waals surface area contributed by atoms with Gasteiger partial charge in [0.25, 0.3) is 0 Å². The summed E-state index contributed by atoms with van der Waals surface area (Å²) in [5.74, 6) is -0.252. The molecule has 0 aromatic carbocycles. The Morgan fingerprint density at radius 3 is 1.35 bits per heavy atom. The maximum atomic E-state index is 11.7. The average Bonchev–Trinajstić information content (AvgIpc) is 2.52. The van der Waals surface area contributed by atoms with Gasteiger partial charge in [0.1, 0.15) is 0 Å². The Labute approximate surface area is 143 Å². The third-order valence-electron chi connectivity index (χ3n) is 4.71. The molecule has 4 nitrogen and oxygen atoms in total. The average molecular weight is 356 g/mol. The van der Waals surface area contributed by atoms with Crippen molar-refractivity contribution >= 4 is 10.1 Å². The Morgan fingerprint density at radius 1 is 0.739 bits per heavy atom. The number of halogens is 1. The van der Waals surface area contributed by atoms with E-state index < -0.39 is 10.1 Å². The summed E-state index contributed by atoms with van der Waals surface area (Å²) in [5, 5.41) is 0. The number of nitrogens with zero attached hydrogens (tertiary/aromatic N) is 1. The molecule has 0 radical (unpaired) electrons. The Bertz CT molecular complexity index is 326. The first kappa shape index (κ1) is 25.0. The first-order chi connectivity index (χ1) is 10.8. The van der Waals surface area contributed by atoms with Crippen molar-refractivity contribution in [2.24, 2.45) is 0 Å². The van der Waals surface area contributed by atoms with Crippen LogP contribution in [-0.4, -0.2) is 56.1 Å². The van der Waals surface area contributed by atoms with E-state index in [-0.39, 0.29) is 12.4 Å². The van der Waals surface area contributed by atoms with Gasteiger partial charge >= 0.3 is 0 Å². The first-order valence-corrected chi connectivity index (χ1v) is 10.7. The fraction of sp³-hybridized carbons (Fsp3) is 1.00. The lowest BCUT2D eigenvalue weighted by atomic mass is 10.1. The maximum absolute atomic E-state index is 11.7. The van der Waals surface area contributed by atoms with Crippen LogP contribution in [0.2, 0.25) is 0 Å². The summed E-state index contributed by atoms with van der Waals surface area (Å²) in [7, 11) is -4.03. The van der Waals surface area contributed by atoms with Gasteiger partial charge in [-0.25, -0.2) is 8.42 Å². The van der Waals surface area contributed by atoms with Crippen LogP contribution in [0.3, 0.4) is 0 Å². The Balaban J connectivity index is 0. The molecule has 23 heavy (non-hydrogen) atoms. The van der Waals surface area contributed by atoms with Crippen LogP contribution >= 0.6 is 0 Å². The fourth-order valence-corrected chi connectivity index (χ4v) is 3.16. The maximum Gasteiger partial charge on any atom is 0.0945 e. The fourth-order valence-electron chi connectivity index (χ4n) is 2.60. The minimum Gasteiger partial charge on any atom is -0.748 e. The van der Waals surface area contributed by atoms with Crippen molar-refractivity contribution in [3.05, 3.63) is 0 Å². The second kappa shape index (κ2) is 15.3. The summed E-state index contributed by atoms with van der Waals surface area (Å²) in [5.41, 5.74) is 0. The zero-order chi connectivity index (χ0) is 18.2. The van der Waals surface area contributed by atoms with Gasteiger partial charge in [0.2, 0.25) is 0 Å². The molecule has 0 aliphatic rings. The summed E-state index contributed by atoms with van der Waals surface area (Å²) in [6, 6.07) is 0. The molecule has 0 unspecified atom stereocenters. The molecule has 0 fully saturated rings. The number of hydrogen-bond donors (Lipinski definition) is 0. The number of rotatable bonds is 13. The summed E-state index contributed by atoms with van der Waals surface area (Å²) in [6.07, 6.45) is 5.67. The van der Waals surface area contributed by atoms with Crippen LogP contribution in [0.15, 0.2) is 0 Å². The highest BCUT2D eigenvalue weighted by Crippen LogP contribution is 2.07. The van der Waals surface area contributed by atoms with Crippen LogP contribution in [0.5, 0.6) is 0 Å². The predicted molar refractivity (Wildman–Crippen MR) is 95.3 cm³/mol. The molecule has 0 rings (SSSR count). The van der Waals surface area contributed by atoms with E-state index in [1.165, 1.54) is 30.7 Å². The standard InChI is InChI=1S/C9H19FO3S.C8H20N/c10-8-6-4-2-1-3-5-7-9-14(11,12)13;1-5-9(6-2,7-3)8-4/h1-9H2,(H,11,12,13);5-8H2,1-4H3/q;+1/p-1. The quantitative estimate of drug-likeness (QED) is 0.284. The highest BCUT2D eigenvalue weighted by molar-refractivity contribution is 7.85. The van der Waals surface area contributed by atoms with E-state index in [1.807, 2.05) is 0 Å². The van der Waals surface area contributed by atoms with E-state index in [0.29, 0.717) is 12.8 Å². The minimum atomic E-state index is -4.03. The van der Waals surface area contributed by atoms with Gasteiger partial charge in [-0.05, 0) is 40.5 Å². The number of quaternary nitrogens is 1. The molecule has 0 aliphatic heterocycles. The van der Waals surface area contributed by atoms with Crippen molar-refractivity contribution in [2.75, 3.05) is 38.6 Å². The largest absolute Gasteiger partial charge is 0.748 e. The first-order valence-electron chi connectivity index (χ1n) is 9.15. The van der Waals surface area contributed by atoms with Crippen LogP contribution in [0.4, 0.5) is 4.39 Å². The van der Waals surface area contributed by atoms with Crippen molar-refractivity contribution in [1.29, 1.82) is 0 Å². The van der Waals surface area contributed by atoms with Gasteiger partial charge in [-0.2, -0.15) is 0 Å². The van der Waals surface area contributed by atoms with E-state index in [1.54, 1.807) is 0 Å². The molecule has 142 valence electrons. The van der Waals surface area contributed by atoms with Crippen molar-refractivity contribution in [3.63, 3.8) is 0 Å². The molecule has 0 bridgehead atoms. The predicted octanol–water partition coefficient (Wildman–Crippen LogP) is 4.11. The molecule has 0 aliphatic carbocycles. The minimum absolute atomic E-state index is 0.252. The molecule has 0 atom stereocenters. The molecule has 0 saturated carbocycles. The topological polar surface area (TPSA) is 57.2 Å². The normalized spacial score (nSPS) is 11.9. The van der Waals surface area contributed by atoms with Gasteiger partial charge in [-0.1, -0.05) is 32.1 Å². The van der Waals surface area contributed by atoms with Gasteiger partial charge in [0, 0.05) is 5.75 Å². The molecule has 0 heterocycles. The smallest absolute Gasteiger partial charge is 0.0945 e. The Hall–Kier alpha value is -0.200. The lowest BCUT2D eigenvalue weighted by Crippen LogP contribution is -2.47. The zero-order valence-corrected chi connectivity index (χ0v) is 16.5.